The van der Waals surface area contributed by atoms with E-state index in [2.05, 4.69) is 67.9 Å². The first kappa shape index (κ1) is 22.4. The van der Waals surface area contributed by atoms with Gasteiger partial charge in [-0.25, -0.2) is 4.39 Å². The zero-order valence-corrected chi connectivity index (χ0v) is 19.2. The van der Waals surface area contributed by atoms with Gasteiger partial charge in [-0.2, -0.15) is 0 Å². The molecule has 0 amide bonds. The SMILES string of the molecule is CCCc1ccc(C#Cc2ccc(C#Cc3ccc4cc(CCC)ccc4c3F)cc2)cc1. The molecule has 0 bridgehead atoms. The first-order chi connectivity index (χ1) is 16.2. The summed E-state index contributed by atoms with van der Waals surface area (Å²) in [4.78, 5) is 0. The molecule has 33 heavy (non-hydrogen) atoms. The lowest BCUT2D eigenvalue weighted by molar-refractivity contribution is 0.636. The quantitative estimate of drug-likeness (QED) is 0.291. The lowest BCUT2D eigenvalue weighted by Crippen LogP contribution is -1.89. The third-order valence-electron chi connectivity index (χ3n) is 5.63. The van der Waals surface area contributed by atoms with Crippen molar-refractivity contribution in [1.29, 1.82) is 0 Å². The lowest BCUT2D eigenvalue weighted by Gasteiger charge is -2.05. The van der Waals surface area contributed by atoms with Crippen molar-refractivity contribution in [3.8, 4) is 23.7 Å². The van der Waals surface area contributed by atoms with E-state index in [0.717, 1.165) is 47.8 Å². The Kier molecular flexibility index (Phi) is 7.24. The second-order valence-electron chi connectivity index (χ2n) is 8.26. The van der Waals surface area contributed by atoms with Crippen molar-refractivity contribution in [1.82, 2.24) is 0 Å². The maximum atomic E-state index is 15.0. The Bertz CT molecular complexity index is 1370. The zero-order chi connectivity index (χ0) is 23.0. The van der Waals surface area contributed by atoms with Gasteiger partial charge in [0, 0.05) is 22.1 Å². The lowest BCUT2D eigenvalue weighted by atomic mass is 10.0. The highest BCUT2D eigenvalue weighted by molar-refractivity contribution is 5.85. The van der Waals surface area contributed by atoms with Gasteiger partial charge < -0.3 is 0 Å². The first-order valence-corrected chi connectivity index (χ1v) is 11.6. The molecular weight excluding hydrogens is 403 g/mol. The molecule has 162 valence electrons. The Hall–Kier alpha value is -3.81. The van der Waals surface area contributed by atoms with Crippen molar-refractivity contribution in [2.24, 2.45) is 0 Å². The summed E-state index contributed by atoms with van der Waals surface area (Å²) in [6, 6.07) is 25.8. The Morgan fingerprint density at radius 2 is 1.09 bits per heavy atom. The summed E-state index contributed by atoms with van der Waals surface area (Å²) in [5.74, 6) is 12.2. The van der Waals surface area contributed by atoms with Crippen LogP contribution in [0.15, 0.2) is 78.9 Å². The third kappa shape index (κ3) is 5.71. The first-order valence-electron chi connectivity index (χ1n) is 11.6. The van der Waals surface area contributed by atoms with Crippen LogP contribution in [-0.2, 0) is 12.8 Å². The second-order valence-corrected chi connectivity index (χ2v) is 8.26. The fourth-order valence-electron chi connectivity index (χ4n) is 3.85. The van der Waals surface area contributed by atoms with Gasteiger partial charge >= 0.3 is 0 Å². The molecule has 0 aliphatic heterocycles. The predicted molar refractivity (Wildman–Crippen MR) is 137 cm³/mol. The van der Waals surface area contributed by atoms with E-state index in [4.69, 9.17) is 0 Å². The highest BCUT2D eigenvalue weighted by Crippen LogP contribution is 2.23. The summed E-state index contributed by atoms with van der Waals surface area (Å²) in [5.41, 5.74) is 5.77. The van der Waals surface area contributed by atoms with E-state index in [0.29, 0.717) is 10.9 Å². The summed E-state index contributed by atoms with van der Waals surface area (Å²) in [6.45, 7) is 4.33. The van der Waals surface area contributed by atoms with E-state index in [1.165, 1.54) is 11.1 Å². The predicted octanol–water partition coefficient (Wildman–Crippen LogP) is 7.68. The van der Waals surface area contributed by atoms with Crippen LogP contribution in [0.1, 0.15) is 60.1 Å². The van der Waals surface area contributed by atoms with Gasteiger partial charge in [-0.3, -0.25) is 0 Å². The van der Waals surface area contributed by atoms with Gasteiger partial charge in [-0.15, -0.1) is 0 Å². The van der Waals surface area contributed by atoms with Gasteiger partial charge in [0.15, 0.2) is 0 Å². The molecule has 0 aliphatic carbocycles. The molecule has 0 fully saturated rings. The molecule has 0 unspecified atom stereocenters. The molecule has 4 aromatic carbocycles. The van der Waals surface area contributed by atoms with Crippen LogP contribution >= 0.6 is 0 Å². The minimum absolute atomic E-state index is 0.254. The summed E-state index contributed by atoms with van der Waals surface area (Å²) in [7, 11) is 0. The Morgan fingerprint density at radius 3 is 1.70 bits per heavy atom. The summed E-state index contributed by atoms with van der Waals surface area (Å²) >= 11 is 0. The fourth-order valence-corrected chi connectivity index (χ4v) is 3.85. The second kappa shape index (κ2) is 10.7. The van der Waals surface area contributed by atoms with Crippen molar-refractivity contribution >= 4 is 10.8 Å². The number of rotatable bonds is 4. The smallest absolute Gasteiger partial charge is 0.146 e. The van der Waals surface area contributed by atoms with Crippen LogP contribution in [0.25, 0.3) is 10.8 Å². The molecule has 4 rings (SSSR count). The van der Waals surface area contributed by atoms with Crippen LogP contribution in [0, 0.1) is 29.5 Å². The highest BCUT2D eigenvalue weighted by atomic mass is 19.1. The normalized spacial score (nSPS) is 10.3. The van der Waals surface area contributed by atoms with E-state index >= 15 is 0 Å². The molecule has 0 heterocycles. The van der Waals surface area contributed by atoms with E-state index in [1.54, 1.807) is 6.07 Å². The largest absolute Gasteiger partial charge is 0.205 e. The molecular formula is C32H27F. The van der Waals surface area contributed by atoms with E-state index < -0.39 is 0 Å². The summed E-state index contributed by atoms with van der Waals surface area (Å²) in [6.07, 6.45) is 4.33. The van der Waals surface area contributed by atoms with Crippen molar-refractivity contribution in [2.75, 3.05) is 0 Å². The number of hydrogen-bond donors (Lipinski definition) is 0. The van der Waals surface area contributed by atoms with Gasteiger partial charge in [0.2, 0.25) is 0 Å². The maximum absolute atomic E-state index is 15.0. The minimum atomic E-state index is -0.254. The number of benzene rings is 4. The van der Waals surface area contributed by atoms with Crippen LogP contribution in [0.4, 0.5) is 4.39 Å². The molecule has 0 spiro atoms. The summed E-state index contributed by atoms with van der Waals surface area (Å²) in [5, 5.41) is 1.54. The number of hydrogen-bond acceptors (Lipinski definition) is 0. The molecule has 0 radical (unpaired) electrons. The van der Waals surface area contributed by atoms with E-state index in [9.17, 15) is 4.39 Å². The molecule has 0 nitrogen and oxygen atoms in total. The fraction of sp³-hybridized carbons (Fsp3) is 0.188. The van der Waals surface area contributed by atoms with Crippen molar-refractivity contribution in [3.63, 3.8) is 0 Å². The standard InChI is InChI=1S/C32H27F/c1-3-5-24-7-9-25(10-8-24)11-12-26-13-15-27(16-14-26)17-19-29-20-21-30-23-28(6-4-2)18-22-31(30)32(29)33/h7-10,13-16,18,20-23H,3-6H2,1-2H3. The van der Waals surface area contributed by atoms with Crippen LogP contribution < -0.4 is 0 Å². The molecule has 0 N–H and O–H groups in total. The molecule has 0 saturated carbocycles. The Labute approximate surface area is 196 Å². The zero-order valence-electron chi connectivity index (χ0n) is 19.2. The topological polar surface area (TPSA) is 0 Å². The molecule has 1 heteroatoms. The van der Waals surface area contributed by atoms with Crippen molar-refractivity contribution in [2.45, 2.75) is 39.5 Å². The molecule has 0 saturated heterocycles. The molecule has 0 atom stereocenters. The molecule has 0 aromatic heterocycles. The third-order valence-corrected chi connectivity index (χ3v) is 5.63. The summed E-state index contributed by atoms with van der Waals surface area (Å²) < 4.78 is 15.0. The van der Waals surface area contributed by atoms with Gasteiger partial charge in [-0.1, -0.05) is 86.8 Å². The van der Waals surface area contributed by atoms with Crippen LogP contribution in [0.5, 0.6) is 0 Å². The maximum Gasteiger partial charge on any atom is 0.146 e. The monoisotopic (exact) mass is 430 g/mol. The van der Waals surface area contributed by atoms with Gasteiger partial charge in [-0.05, 0) is 71.8 Å². The van der Waals surface area contributed by atoms with Crippen molar-refractivity contribution in [3.05, 3.63) is 118 Å². The number of halogens is 1. The van der Waals surface area contributed by atoms with Crippen LogP contribution in [-0.4, -0.2) is 0 Å². The van der Waals surface area contributed by atoms with Gasteiger partial charge in [0.1, 0.15) is 5.82 Å². The van der Waals surface area contributed by atoms with E-state index in [-0.39, 0.29) is 5.82 Å². The van der Waals surface area contributed by atoms with Crippen molar-refractivity contribution < 1.29 is 4.39 Å². The van der Waals surface area contributed by atoms with Gasteiger partial charge in [0.05, 0.1) is 5.56 Å². The van der Waals surface area contributed by atoms with Crippen LogP contribution in [0.2, 0.25) is 0 Å². The van der Waals surface area contributed by atoms with E-state index in [1.807, 2.05) is 42.5 Å². The number of fused-ring (bicyclic) bond motifs is 1. The Morgan fingerprint density at radius 1 is 0.576 bits per heavy atom. The average Bonchev–Trinajstić information content (AvgIpc) is 2.84. The molecule has 0 aliphatic rings. The minimum Gasteiger partial charge on any atom is -0.205 e. The van der Waals surface area contributed by atoms with Crippen LogP contribution in [0.3, 0.4) is 0 Å². The number of aryl methyl sites for hydroxylation is 2. The molecule has 4 aromatic rings. The Balaban J connectivity index is 1.49. The average molecular weight is 431 g/mol. The van der Waals surface area contributed by atoms with Gasteiger partial charge in [0.25, 0.3) is 0 Å². The highest BCUT2D eigenvalue weighted by Gasteiger charge is 2.06.